The molecule has 1 aliphatic carbocycles. The second kappa shape index (κ2) is 4.81. The maximum atomic E-state index is 11.4. The Morgan fingerprint density at radius 1 is 1.07 bits per heavy atom. The predicted octanol–water partition coefficient (Wildman–Crippen LogP) is 2.44. The quantitative estimate of drug-likeness (QED) is 0.682. The van der Waals surface area contributed by atoms with Crippen LogP contribution in [0.3, 0.4) is 0 Å². The van der Waals surface area contributed by atoms with Crippen LogP contribution in [-0.4, -0.2) is 11.9 Å². The summed E-state index contributed by atoms with van der Waals surface area (Å²) < 4.78 is 0. The van der Waals surface area contributed by atoms with Gasteiger partial charge >= 0.3 is 0 Å². The molecule has 1 saturated carbocycles. The second-order valence-corrected chi connectivity index (χ2v) is 4.65. The minimum Gasteiger partial charge on any atom is -0.353 e. The Morgan fingerprint density at radius 2 is 1.86 bits per heavy atom. The molecule has 1 heterocycles. The van der Waals surface area contributed by atoms with Crippen molar-refractivity contribution >= 4 is 5.91 Å². The van der Waals surface area contributed by atoms with E-state index < -0.39 is 0 Å². The highest BCUT2D eigenvalue weighted by molar-refractivity contribution is 5.85. The highest BCUT2D eigenvalue weighted by Crippen LogP contribution is 2.29. The van der Waals surface area contributed by atoms with Crippen LogP contribution in [0.1, 0.15) is 51.4 Å². The Labute approximate surface area is 86.5 Å². The molecule has 79 valence electrons. The Kier molecular flexibility index (Phi) is 3.44. The Bertz CT molecular complexity index is 196. The summed E-state index contributed by atoms with van der Waals surface area (Å²) in [6, 6.07) is 0.474. The monoisotopic (exact) mass is 194 g/mol. The van der Waals surface area contributed by atoms with Gasteiger partial charge in [0, 0.05) is 12.5 Å². The third-order valence-electron chi connectivity index (χ3n) is 3.60. The molecular weight excluding hydrogens is 174 g/mol. The normalized spacial score (nSPS) is 30.9. The summed E-state index contributed by atoms with van der Waals surface area (Å²) in [5.74, 6) is 0.928. The van der Waals surface area contributed by atoms with Gasteiger partial charge in [-0.25, -0.2) is 0 Å². The van der Waals surface area contributed by atoms with Gasteiger partial charge in [-0.1, -0.05) is 25.7 Å². The van der Waals surface area contributed by atoms with Crippen LogP contribution >= 0.6 is 0 Å². The number of amides is 1. The van der Waals surface area contributed by atoms with E-state index in [4.69, 9.17) is 0 Å². The van der Waals surface area contributed by atoms with Crippen molar-refractivity contribution in [3.63, 3.8) is 0 Å². The van der Waals surface area contributed by atoms with E-state index in [9.17, 15) is 4.79 Å². The fraction of sp³-hybridized carbons (Fsp3) is 0.833. The molecule has 0 aromatic heterocycles. The van der Waals surface area contributed by atoms with Crippen molar-refractivity contribution in [3.8, 4) is 0 Å². The van der Waals surface area contributed by atoms with Gasteiger partial charge < -0.3 is 5.32 Å². The second-order valence-electron chi connectivity index (χ2n) is 4.65. The summed E-state index contributed by atoms with van der Waals surface area (Å²) in [6.45, 7) is 0. The van der Waals surface area contributed by atoms with E-state index in [-0.39, 0.29) is 5.91 Å². The third kappa shape index (κ3) is 2.49. The molecule has 0 aromatic rings. The van der Waals surface area contributed by atoms with E-state index in [1.165, 1.54) is 44.9 Å². The molecule has 2 nitrogen and oxygen atoms in total. The number of hydrogen-bond donors (Lipinski definition) is 1. The number of carbonyl (C=O) groups excluding carboxylic acids is 1. The van der Waals surface area contributed by atoms with Crippen LogP contribution in [0.5, 0.6) is 0 Å². The van der Waals surface area contributed by atoms with Gasteiger partial charge in [0.25, 0.3) is 0 Å². The van der Waals surface area contributed by atoms with E-state index in [1.54, 1.807) is 0 Å². The molecule has 0 bridgehead atoms. The van der Waals surface area contributed by atoms with Crippen LogP contribution in [0.15, 0.2) is 0 Å². The van der Waals surface area contributed by atoms with Crippen molar-refractivity contribution in [3.05, 3.63) is 6.42 Å². The van der Waals surface area contributed by atoms with Gasteiger partial charge in [0.1, 0.15) is 0 Å². The molecule has 2 fully saturated rings. The smallest absolute Gasteiger partial charge is 0.224 e. The lowest BCUT2D eigenvalue weighted by Crippen LogP contribution is -2.39. The third-order valence-corrected chi connectivity index (χ3v) is 3.60. The van der Waals surface area contributed by atoms with Crippen molar-refractivity contribution in [2.24, 2.45) is 5.92 Å². The summed E-state index contributed by atoms with van der Waals surface area (Å²) in [5, 5.41) is 3.15. The molecule has 1 amide bonds. The summed E-state index contributed by atoms with van der Waals surface area (Å²) >= 11 is 0. The SMILES string of the molecule is O=C1[CH]CCC[C@@H](C2CCCCC2)N1. The number of nitrogens with one attached hydrogen (secondary N) is 1. The van der Waals surface area contributed by atoms with Crippen LogP contribution < -0.4 is 5.32 Å². The number of hydrogen-bond acceptors (Lipinski definition) is 1. The van der Waals surface area contributed by atoms with Crippen molar-refractivity contribution in [1.29, 1.82) is 0 Å². The van der Waals surface area contributed by atoms with E-state index in [0.717, 1.165) is 12.3 Å². The lowest BCUT2D eigenvalue weighted by Gasteiger charge is -2.29. The molecule has 0 unspecified atom stereocenters. The lowest BCUT2D eigenvalue weighted by atomic mass is 9.82. The van der Waals surface area contributed by atoms with Crippen molar-refractivity contribution in [2.75, 3.05) is 0 Å². The molecule has 1 N–H and O–H groups in total. The molecule has 1 radical (unpaired) electrons. The van der Waals surface area contributed by atoms with E-state index in [2.05, 4.69) is 5.32 Å². The highest BCUT2D eigenvalue weighted by atomic mass is 16.1. The molecule has 1 atom stereocenters. The van der Waals surface area contributed by atoms with Gasteiger partial charge in [0.2, 0.25) is 5.91 Å². The van der Waals surface area contributed by atoms with Crippen LogP contribution in [0.4, 0.5) is 0 Å². The maximum Gasteiger partial charge on any atom is 0.224 e. The van der Waals surface area contributed by atoms with Gasteiger partial charge in [-0.2, -0.15) is 0 Å². The van der Waals surface area contributed by atoms with E-state index in [0.29, 0.717) is 6.04 Å². The predicted molar refractivity (Wildman–Crippen MR) is 56.7 cm³/mol. The standard InChI is InChI=1S/C12H20NO/c14-12-9-5-4-8-11(13-12)10-6-2-1-3-7-10/h9-11H,1-8H2,(H,13,14)/t11-/m0/s1. The average molecular weight is 194 g/mol. The molecule has 2 aliphatic rings. The zero-order chi connectivity index (χ0) is 9.80. The first kappa shape index (κ1) is 10.0. The lowest BCUT2D eigenvalue weighted by molar-refractivity contribution is -0.118. The first-order valence-corrected chi connectivity index (χ1v) is 6.00. The van der Waals surface area contributed by atoms with Crippen molar-refractivity contribution < 1.29 is 4.79 Å². The zero-order valence-corrected chi connectivity index (χ0v) is 8.80. The fourth-order valence-corrected chi connectivity index (χ4v) is 2.77. The molecule has 1 aliphatic heterocycles. The zero-order valence-electron chi connectivity index (χ0n) is 8.80. The number of rotatable bonds is 1. The fourth-order valence-electron chi connectivity index (χ4n) is 2.77. The number of carbonyl (C=O) groups is 1. The van der Waals surface area contributed by atoms with Crippen molar-refractivity contribution in [2.45, 2.75) is 57.4 Å². The molecule has 14 heavy (non-hydrogen) atoms. The molecule has 2 heteroatoms. The van der Waals surface area contributed by atoms with Gasteiger partial charge in [-0.15, -0.1) is 0 Å². The van der Waals surface area contributed by atoms with Gasteiger partial charge in [0.05, 0.1) is 0 Å². The Balaban J connectivity index is 1.90. The minimum atomic E-state index is 0.165. The average Bonchev–Trinajstić information content (AvgIpc) is 2.44. The molecule has 0 spiro atoms. The summed E-state index contributed by atoms with van der Waals surface area (Å²) in [7, 11) is 0. The molecular formula is C12H20NO. The molecule has 0 aromatic carbocycles. The van der Waals surface area contributed by atoms with Gasteiger partial charge in [-0.05, 0) is 31.6 Å². The topological polar surface area (TPSA) is 29.1 Å². The first-order chi connectivity index (χ1) is 6.86. The largest absolute Gasteiger partial charge is 0.353 e. The van der Waals surface area contributed by atoms with Crippen LogP contribution in [0, 0.1) is 12.3 Å². The molecule has 2 rings (SSSR count). The van der Waals surface area contributed by atoms with Crippen LogP contribution in [0.25, 0.3) is 0 Å². The van der Waals surface area contributed by atoms with Crippen LogP contribution in [-0.2, 0) is 4.79 Å². The maximum absolute atomic E-state index is 11.4. The Hall–Kier alpha value is -0.530. The highest BCUT2D eigenvalue weighted by Gasteiger charge is 2.26. The van der Waals surface area contributed by atoms with Gasteiger partial charge in [-0.3, -0.25) is 4.79 Å². The summed E-state index contributed by atoms with van der Waals surface area (Å²) in [6.07, 6.45) is 11.9. The Morgan fingerprint density at radius 3 is 2.64 bits per heavy atom. The van der Waals surface area contributed by atoms with E-state index >= 15 is 0 Å². The minimum absolute atomic E-state index is 0.165. The molecule has 1 saturated heterocycles. The summed E-state index contributed by atoms with van der Waals surface area (Å²) in [4.78, 5) is 11.4. The first-order valence-electron chi connectivity index (χ1n) is 6.00. The summed E-state index contributed by atoms with van der Waals surface area (Å²) in [5.41, 5.74) is 0. The van der Waals surface area contributed by atoms with E-state index in [1.807, 2.05) is 6.42 Å². The van der Waals surface area contributed by atoms with Gasteiger partial charge in [0.15, 0.2) is 0 Å². The van der Waals surface area contributed by atoms with Crippen molar-refractivity contribution in [1.82, 2.24) is 5.32 Å². The van der Waals surface area contributed by atoms with Crippen LogP contribution in [0.2, 0.25) is 0 Å².